The summed E-state index contributed by atoms with van der Waals surface area (Å²) in [6.07, 6.45) is -2.70. The first kappa shape index (κ1) is 27.1. The Morgan fingerprint density at radius 1 is 1.10 bits per heavy atom. The molecule has 2 aromatic heterocycles. The zero-order valence-corrected chi connectivity index (χ0v) is 21.7. The summed E-state index contributed by atoms with van der Waals surface area (Å²) < 4.78 is 71.0. The Kier molecular flexibility index (Phi) is 6.88. The van der Waals surface area contributed by atoms with Gasteiger partial charge >= 0.3 is 6.18 Å². The smallest absolute Gasteiger partial charge is 0.401 e. The van der Waals surface area contributed by atoms with Crippen LogP contribution in [0.15, 0.2) is 47.1 Å². The second-order valence-electron chi connectivity index (χ2n) is 10.4. The van der Waals surface area contributed by atoms with Crippen molar-refractivity contribution in [3.63, 3.8) is 0 Å². The summed E-state index contributed by atoms with van der Waals surface area (Å²) in [5.74, 6) is 0.00495. The SMILES string of the molecule is O=C(CCCc1cc(C2(C(F)(F)F)CC2)on1)Cc1ccc(-c2cnc3cc4c(cc3n2)OC[C@@H](CO)O4)cc1F. The van der Waals surface area contributed by atoms with Gasteiger partial charge in [-0.2, -0.15) is 13.2 Å². The molecular formula is C29H25F4N3O5. The molecule has 12 heteroatoms. The first-order valence-electron chi connectivity index (χ1n) is 13.2. The van der Waals surface area contributed by atoms with E-state index < -0.39 is 23.5 Å². The quantitative estimate of drug-likeness (QED) is 0.270. The van der Waals surface area contributed by atoms with E-state index in [0.29, 0.717) is 45.9 Å². The third kappa shape index (κ3) is 5.35. The van der Waals surface area contributed by atoms with Crippen LogP contribution in [0.4, 0.5) is 17.6 Å². The Labute approximate surface area is 231 Å². The second-order valence-corrected chi connectivity index (χ2v) is 10.4. The van der Waals surface area contributed by atoms with Gasteiger partial charge in [-0.05, 0) is 37.3 Å². The molecule has 214 valence electrons. The molecule has 1 atom stereocenters. The maximum absolute atomic E-state index is 14.9. The van der Waals surface area contributed by atoms with Crippen molar-refractivity contribution in [2.24, 2.45) is 0 Å². The molecule has 8 nitrogen and oxygen atoms in total. The van der Waals surface area contributed by atoms with Gasteiger partial charge in [-0.3, -0.25) is 9.78 Å². The summed E-state index contributed by atoms with van der Waals surface area (Å²) in [7, 11) is 0. The predicted molar refractivity (Wildman–Crippen MR) is 137 cm³/mol. The van der Waals surface area contributed by atoms with Gasteiger partial charge in [0.15, 0.2) is 23.4 Å². The molecule has 0 saturated heterocycles. The predicted octanol–water partition coefficient (Wildman–Crippen LogP) is 5.28. The van der Waals surface area contributed by atoms with Crippen LogP contribution in [-0.4, -0.2) is 51.5 Å². The Morgan fingerprint density at radius 3 is 2.63 bits per heavy atom. The minimum atomic E-state index is -4.38. The number of ketones is 1. The zero-order valence-electron chi connectivity index (χ0n) is 21.7. The van der Waals surface area contributed by atoms with E-state index >= 15 is 0 Å². The van der Waals surface area contributed by atoms with Crippen LogP contribution in [0, 0.1) is 5.82 Å². The molecule has 3 heterocycles. The van der Waals surface area contributed by atoms with E-state index in [1.165, 1.54) is 24.4 Å². The number of aliphatic hydroxyl groups is 1. The van der Waals surface area contributed by atoms with Crippen molar-refractivity contribution in [1.82, 2.24) is 15.1 Å². The fraction of sp³-hybridized carbons (Fsp3) is 0.379. The third-order valence-corrected chi connectivity index (χ3v) is 7.48. The first-order valence-corrected chi connectivity index (χ1v) is 13.2. The summed E-state index contributed by atoms with van der Waals surface area (Å²) in [5.41, 5.74) is 0.661. The Morgan fingerprint density at radius 2 is 1.90 bits per heavy atom. The van der Waals surface area contributed by atoms with Gasteiger partial charge in [-0.1, -0.05) is 17.3 Å². The number of benzene rings is 2. The van der Waals surface area contributed by atoms with Gasteiger partial charge in [0.2, 0.25) is 0 Å². The second kappa shape index (κ2) is 10.4. The number of aromatic nitrogens is 3. The monoisotopic (exact) mass is 571 g/mol. The molecule has 0 unspecified atom stereocenters. The van der Waals surface area contributed by atoms with Crippen LogP contribution in [0.1, 0.15) is 42.7 Å². The molecule has 1 aliphatic carbocycles. The van der Waals surface area contributed by atoms with E-state index in [4.69, 9.17) is 14.0 Å². The number of halogens is 4. The molecule has 0 amide bonds. The molecule has 2 aromatic carbocycles. The van der Waals surface area contributed by atoms with Crippen LogP contribution in [0.25, 0.3) is 22.3 Å². The summed E-state index contributed by atoms with van der Waals surface area (Å²) >= 11 is 0. The maximum atomic E-state index is 14.9. The standard InChI is InChI=1S/C29H25F4N3O5/c30-21-9-17(24-13-34-22-11-26-25(12-23(22)35-24)39-15-20(14-37)40-26)5-4-16(21)8-19(38)3-1-2-18-10-27(41-36-18)28(6-7-28)29(31,32)33/h4-5,9-13,20,37H,1-3,6-8,14-15H2/t20-/m1/s1. The molecule has 6 rings (SSSR count). The largest absolute Gasteiger partial charge is 0.486 e. The number of aryl methyl sites for hydroxylation is 1. The molecular weight excluding hydrogens is 546 g/mol. The van der Waals surface area contributed by atoms with Crippen molar-refractivity contribution in [2.75, 3.05) is 13.2 Å². The topological polar surface area (TPSA) is 108 Å². The van der Waals surface area contributed by atoms with Gasteiger partial charge in [0.25, 0.3) is 0 Å². The first-order chi connectivity index (χ1) is 19.6. The van der Waals surface area contributed by atoms with Crippen LogP contribution in [0.2, 0.25) is 0 Å². The molecule has 0 bridgehead atoms. The lowest BCUT2D eigenvalue weighted by Crippen LogP contribution is -2.32. The van der Waals surface area contributed by atoms with Crippen molar-refractivity contribution in [2.45, 2.75) is 56.2 Å². The number of hydrogen-bond acceptors (Lipinski definition) is 8. The van der Waals surface area contributed by atoms with E-state index in [2.05, 4.69) is 15.1 Å². The minimum Gasteiger partial charge on any atom is -0.486 e. The summed E-state index contributed by atoms with van der Waals surface area (Å²) in [4.78, 5) is 21.5. The number of carbonyl (C=O) groups is 1. The lowest BCUT2D eigenvalue weighted by molar-refractivity contribution is -0.165. The zero-order chi connectivity index (χ0) is 28.8. The summed E-state index contributed by atoms with van der Waals surface area (Å²) in [5, 5.41) is 13.0. The van der Waals surface area contributed by atoms with Crippen LogP contribution in [-0.2, 0) is 23.1 Å². The van der Waals surface area contributed by atoms with Crippen molar-refractivity contribution in [3.8, 4) is 22.8 Å². The maximum Gasteiger partial charge on any atom is 0.401 e. The third-order valence-electron chi connectivity index (χ3n) is 7.48. The molecule has 1 saturated carbocycles. The number of nitrogens with zero attached hydrogens (tertiary/aromatic N) is 3. The average molecular weight is 572 g/mol. The minimum absolute atomic E-state index is 0.0138. The fourth-order valence-electron chi connectivity index (χ4n) is 4.92. The van der Waals surface area contributed by atoms with E-state index in [0.717, 1.165) is 0 Å². The van der Waals surface area contributed by atoms with Gasteiger partial charge in [0.1, 0.15) is 23.6 Å². The fourth-order valence-corrected chi connectivity index (χ4v) is 4.92. The lowest BCUT2D eigenvalue weighted by Gasteiger charge is -2.25. The van der Waals surface area contributed by atoms with Gasteiger partial charge < -0.3 is 19.1 Å². The highest BCUT2D eigenvalue weighted by molar-refractivity contribution is 5.82. The number of ether oxygens (including phenoxy) is 2. The van der Waals surface area contributed by atoms with Crippen LogP contribution in [0.5, 0.6) is 11.5 Å². The Balaban J connectivity index is 1.07. The van der Waals surface area contributed by atoms with Crippen molar-refractivity contribution in [3.05, 3.63) is 65.4 Å². The van der Waals surface area contributed by atoms with Gasteiger partial charge in [-0.15, -0.1) is 0 Å². The van der Waals surface area contributed by atoms with E-state index in [9.17, 15) is 27.5 Å². The van der Waals surface area contributed by atoms with Crippen LogP contribution < -0.4 is 9.47 Å². The van der Waals surface area contributed by atoms with E-state index in [1.807, 2.05) is 0 Å². The van der Waals surface area contributed by atoms with Crippen LogP contribution >= 0.6 is 0 Å². The van der Waals surface area contributed by atoms with Gasteiger partial charge in [0, 0.05) is 36.6 Å². The Bertz CT molecular complexity index is 1620. The highest BCUT2D eigenvalue weighted by Gasteiger charge is 2.66. The number of aliphatic hydroxyl groups excluding tert-OH is 1. The molecule has 1 fully saturated rings. The summed E-state index contributed by atoms with van der Waals surface area (Å²) in [6, 6.07) is 9.17. The molecule has 41 heavy (non-hydrogen) atoms. The normalized spacial score (nSPS) is 17.5. The number of alkyl halides is 3. The van der Waals surface area contributed by atoms with Crippen LogP contribution in [0.3, 0.4) is 0 Å². The highest BCUT2D eigenvalue weighted by Crippen LogP contribution is 2.59. The molecule has 2 aliphatic rings. The molecule has 4 aromatic rings. The van der Waals surface area contributed by atoms with Gasteiger partial charge in [-0.25, -0.2) is 9.37 Å². The average Bonchev–Trinajstić information content (AvgIpc) is 3.65. The molecule has 0 spiro atoms. The number of carbonyl (C=O) groups excluding carboxylic acids is 1. The van der Waals surface area contributed by atoms with E-state index in [-0.39, 0.29) is 62.4 Å². The van der Waals surface area contributed by atoms with Gasteiger partial charge in [0.05, 0.1) is 35.2 Å². The Hall–Kier alpha value is -4.06. The number of rotatable bonds is 9. The number of hydrogen-bond donors (Lipinski definition) is 1. The highest BCUT2D eigenvalue weighted by atomic mass is 19.4. The number of fused-ring (bicyclic) bond motifs is 2. The summed E-state index contributed by atoms with van der Waals surface area (Å²) in [6.45, 7) is 0.0327. The number of Topliss-reactive ketones (excluding diaryl/α,β-unsaturated/α-hetero) is 1. The molecule has 0 radical (unpaired) electrons. The van der Waals surface area contributed by atoms with Crippen molar-refractivity contribution < 1.29 is 41.5 Å². The van der Waals surface area contributed by atoms with Crippen molar-refractivity contribution >= 4 is 16.8 Å². The van der Waals surface area contributed by atoms with Crippen molar-refractivity contribution in [1.29, 1.82) is 0 Å². The molecule has 1 aliphatic heterocycles. The lowest BCUT2D eigenvalue weighted by atomic mass is 10.0. The van der Waals surface area contributed by atoms with E-state index in [1.54, 1.807) is 18.2 Å². The molecule has 1 N–H and O–H groups in total.